The first-order valence-electron chi connectivity index (χ1n) is 4.50. The van der Waals surface area contributed by atoms with Crippen molar-refractivity contribution < 1.29 is 14.0 Å². The summed E-state index contributed by atoms with van der Waals surface area (Å²) in [5, 5.41) is 4.72. The Labute approximate surface area is 91.0 Å². The van der Waals surface area contributed by atoms with Gasteiger partial charge in [-0.3, -0.25) is 9.59 Å². The van der Waals surface area contributed by atoms with Gasteiger partial charge in [0.1, 0.15) is 0 Å². The molecule has 0 saturated carbocycles. The van der Waals surface area contributed by atoms with E-state index in [0.717, 1.165) is 6.07 Å². The predicted molar refractivity (Wildman–Crippen MR) is 54.9 cm³/mol. The number of pyridine rings is 1. The summed E-state index contributed by atoms with van der Waals surface area (Å²) in [5.74, 6) is -1.49. The number of hydrogen-bond acceptors (Lipinski definition) is 4. The summed E-state index contributed by atoms with van der Waals surface area (Å²) in [6.07, 6.45) is 1.18. The second-order valence-electron chi connectivity index (χ2n) is 2.90. The Balaban J connectivity index is 2.40. The van der Waals surface area contributed by atoms with E-state index in [1.165, 1.54) is 12.3 Å². The normalized spacial score (nSPS) is 9.62. The summed E-state index contributed by atoms with van der Waals surface area (Å²) < 4.78 is 12.4. The highest BCUT2D eigenvalue weighted by Crippen LogP contribution is 2.04. The van der Waals surface area contributed by atoms with Gasteiger partial charge in [-0.1, -0.05) is 0 Å². The van der Waals surface area contributed by atoms with E-state index in [-0.39, 0.29) is 13.1 Å². The van der Waals surface area contributed by atoms with Crippen molar-refractivity contribution >= 4 is 17.5 Å². The van der Waals surface area contributed by atoms with Gasteiger partial charge >= 0.3 is 0 Å². The molecule has 1 aromatic heterocycles. The summed E-state index contributed by atoms with van der Waals surface area (Å²) in [6, 6.07) is 2.49. The lowest BCUT2D eigenvalue weighted by Gasteiger charge is -2.05. The standard InChI is InChI=1S/C9H11FN4O2/c10-7-2-1-6(4-12-7)14-9(16)5-13-8(15)3-11/h1-2,4H,3,5,11H2,(H,13,15)(H,14,16). The third kappa shape index (κ3) is 4.01. The summed E-state index contributed by atoms with van der Waals surface area (Å²) in [5.41, 5.74) is 5.39. The van der Waals surface area contributed by atoms with Crippen LogP contribution < -0.4 is 16.4 Å². The molecule has 2 amide bonds. The van der Waals surface area contributed by atoms with Crippen molar-refractivity contribution in [2.24, 2.45) is 5.73 Å². The number of nitrogens with two attached hydrogens (primary N) is 1. The Bertz CT molecular complexity index is 380. The lowest BCUT2D eigenvalue weighted by atomic mass is 10.4. The van der Waals surface area contributed by atoms with Gasteiger partial charge in [0.2, 0.25) is 17.8 Å². The van der Waals surface area contributed by atoms with E-state index in [2.05, 4.69) is 15.6 Å². The number of amides is 2. The fraction of sp³-hybridized carbons (Fsp3) is 0.222. The van der Waals surface area contributed by atoms with Crippen LogP contribution in [-0.4, -0.2) is 29.9 Å². The van der Waals surface area contributed by atoms with Crippen LogP contribution >= 0.6 is 0 Å². The number of hydrogen-bond donors (Lipinski definition) is 3. The predicted octanol–water partition coefficient (Wildman–Crippen LogP) is -0.766. The third-order valence-electron chi connectivity index (χ3n) is 1.64. The van der Waals surface area contributed by atoms with Crippen molar-refractivity contribution in [2.75, 3.05) is 18.4 Å². The molecule has 7 heteroatoms. The maximum absolute atomic E-state index is 12.4. The summed E-state index contributed by atoms with van der Waals surface area (Å²) >= 11 is 0. The van der Waals surface area contributed by atoms with Crippen LogP contribution in [-0.2, 0) is 9.59 Å². The van der Waals surface area contributed by atoms with Gasteiger partial charge in [0.25, 0.3) is 0 Å². The Morgan fingerprint density at radius 3 is 2.69 bits per heavy atom. The maximum Gasteiger partial charge on any atom is 0.243 e. The Morgan fingerprint density at radius 2 is 2.12 bits per heavy atom. The van der Waals surface area contributed by atoms with Gasteiger partial charge < -0.3 is 16.4 Å². The van der Waals surface area contributed by atoms with Gasteiger partial charge in [-0.25, -0.2) is 4.98 Å². The van der Waals surface area contributed by atoms with Crippen molar-refractivity contribution in [3.05, 3.63) is 24.3 Å². The van der Waals surface area contributed by atoms with Crippen molar-refractivity contribution in [3.63, 3.8) is 0 Å². The van der Waals surface area contributed by atoms with E-state index in [1.54, 1.807) is 0 Å². The van der Waals surface area contributed by atoms with Gasteiger partial charge in [-0.05, 0) is 12.1 Å². The zero-order valence-electron chi connectivity index (χ0n) is 8.37. The second-order valence-corrected chi connectivity index (χ2v) is 2.90. The summed E-state index contributed by atoms with van der Waals surface area (Å²) in [6.45, 7) is -0.362. The Kier molecular flexibility index (Phi) is 4.34. The van der Waals surface area contributed by atoms with E-state index in [9.17, 15) is 14.0 Å². The van der Waals surface area contributed by atoms with E-state index in [1.807, 2.05) is 0 Å². The first-order valence-corrected chi connectivity index (χ1v) is 4.50. The number of carbonyl (C=O) groups excluding carboxylic acids is 2. The molecule has 0 radical (unpaired) electrons. The first kappa shape index (κ1) is 12.1. The van der Waals surface area contributed by atoms with Gasteiger partial charge in [0, 0.05) is 0 Å². The molecule has 16 heavy (non-hydrogen) atoms. The minimum atomic E-state index is -0.630. The third-order valence-corrected chi connectivity index (χ3v) is 1.64. The Hall–Kier alpha value is -2.02. The molecule has 0 aromatic carbocycles. The van der Waals surface area contributed by atoms with Crippen LogP contribution in [0.1, 0.15) is 0 Å². The van der Waals surface area contributed by atoms with E-state index < -0.39 is 17.8 Å². The van der Waals surface area contributed by atoms with Crippen molar-refractivity contribution in [3.8, 4) is 0 Å². The fourth-order valence-electron chi connectivity index (χ4n) is 0.906. The molecule has 0 spiro atoms. The molecule has 1 rings (SSSR count). The molecule has 0 unspecified atom stereocenters. The molecule has 86 valence electrons. The zero-order valence-corrected chi connectivity index (χ0v) is 8.37. The van der Waals surface area contributed by atoms with E-state index in [0.29, 0.717) is 5.69 Å². The van der Waals surface area contributed by atoms with Crippen LogP contribution in [0.15, 0.2) is 18.3 Å². The smallest absolute Gasteiger partial charge is 0.243 e. The molecule has 0 aliphatic carbocycles. The fourth-order valence-corrected chi connectivity index (χ4v) is 0.906. The highest BCUT2D eigenvalue weighted by atomic mass is 19.1. The van der Waals surface area contributed by atoms with Crippen molar-refractivity contribution in [2.45, 2.75) is 0 Å². The number of carbonyl (C=O) groups is 2. The SMILES string of the molecule is NCC(=O)NCC(=O)Nc1ccc(F)nc1. The number of anilines is 1. The first-order chi connectivity index (χ1) is 7.61. The van der Waals surface area contributed by atoms with Crippen LogP contribution in [0.2, 0.25) is 0 Å². The lowest BCUT2D eigenvalue weighted by Crippen LogP contribution is -2.36. The average Bonchev–Trinajstić information content (AvgIpc) is 2.29. The molecule has 0 fully saturated rings. The number of nitrogens with zero attached hydrogens (tertiary/aromatic N) is 1. The van der Waals surface area contributed by atoms with Crippen molar-refractivity contribution in [1.29, 1.82) is 0 Å². The number of nitrogens with one attached hydrogen (secondary N) is 2. The second kappa shape index (κ2) is 5.76. The molecule has 0 saturated heterocycles. The number of rotatable bonds is 4. The molecule has 4 N–H and O–H groups in total. The van der Waals surface area contributed by atoms with Crippen LogP contribution in [0.3, 0.4) is 0 Å². The molecule has 1 aromatic rings. The molecule has 0 aliphatic heterocycles. The molecule has 0 atom stereocenters. The molecule has 6 nitrogen and oxygen atoms in total. The van der Waals surface area contributed by atoms with Crippen LogP contribution in [0.5, 0.6) is 0 Å². The van der Waals surface area contributed by atoms with E-state index in [4.69, 9.17) is 5.73 Å². The molecular weight excluding hydrogens is 215 g/mol. The van der Waals surface area contributed by atoms with Crippen LogP contribution in [0.25, 0.3) is 0 Å². The van der Waals surface area contributed by atoms with Gasteiger partial charge in [-0.2, -0.15) is 4.39 Å². The average molecular weight is 226 g/mol. The van der Waals surface area contributed by atoms with Gasteiger partial charge in [0.05, 0.1) is 25.0 Å². The van der Waals surface area contributed by atoms with Gasteiger partial charge in [-0.15, -0.1) is 0 Å². The van der Waals surface area contributed by atoms with Gasteiger partial charge in [0.15, 0.2) is 0 Å². The monoisotopic (exact) mass is 226 g/mol. The highest BCUT2D eigenvalue weighted by Gasteiger charge is 2.04. The lowest BCUT2D eigenvalue weighted by molar-refractivity contribution is -0.123. The molecule has 1 heterocycles. The molecule has 0 bridgehead atoms. The number of aromatic nitrogens is 1. The summed E-state index contributed by atoms with van der Waals surface area (Å²) in [4.78, 5) is 25.3. The molecular formula is C9H11FN4O2. The Morgan fingerprint density at radius 1 is 1.38 bits per heavy atom. The topological polar surface area (TPSA) is 97.1 Å². The zero-order chi connectivity index (χ0) is 12.0. The quantitative estimate of drug-likeness (QED) is 0.587. The minimum Gasteiger partial charge on any atom is -0.346 e. The van der Waals surface area contributed by atoms with Crippen LogP contribution in [0.4, 0.5) is 10.1 Å². The maximum atomic E-state index is 12.4. The van der Waals surface area contributed by atoms with Crippen molar-refractivity contribution in [1.82, 2.24) is 10.3 Å². The summed E-state index contributed by atoms with van der Waals surface area (Å²) in [7, 11) is 0. The highest BCUT2D eigenvalue weighted by molar-refractivity contribution is 5.94. The largest absolute Gasteiger partial charge is 0.346 e. The minimum absolute atomic E-state index is 0.175. The van der Waals surface area contributed by atoms with Crippen LogP contribution in [0, 0.1) is 5.95 Å². The van der Waals surface area contributed by atoms with E-state index >= 15 is 0 Å². The molecule has 0 aliphatic rings. The number of halogens is 1.